The van der Waals surface area contributed by atoms with Gasteiger partial charge >= 0.3 is 0 Å². The monoisotopic (exact) mass is 356 g/mol. The Kier molecular flexibility index (Phi) is 5.31. The highest BCUT2D eigenvalue weighted by molar-refractivity contribution is 5.51. The van der Waals surface area contributed by atoms with Gasteiger partial charge in [-0.25, -0.2) is 0 Å². The second kappa shape index (κ2) is 7.84. The fraction of sp³-hybridized carbons (Fsp3) is 0.650. The van der Waals surface area contributed by atoms with Gasteiger partial charge in [0.25, 0.3) is 5.89 Å². The van der Waals surface area contributed by atoms with Crippen LogP contribution in [0.2, 0.25) is 0 Å². The van der Waals surface area contributed by atoms with Gasteiger partial charge in [-0.05, 0) is 57.3 Å². The summed E-state index contributed by atoms with van der Waals surface area (Å²) in [6.07, 6.45) is 12.1. The fourth-order valence-electron chi connectivity index (χ4n) is 4.52. The number of hydrogen-bond donors (Lipinski definition) is 0. The molecule has 0 spiro atoms. The number of nitrogens with zero attached hydrogens (tertiary/aromatic N) is 4. The molecule has 0 aromatic carbocycles. The molecular weight excluding hydrogens is 328 g/mol. The molecule has 2 aromatic rings. The molecule has 0 amide bonds. The largest absolute Gasteiger partial charge is 0.385 e. The van der Waals surface area contributed by atoms with Gasteiger partial charge in [0.2, 0.25) is 0 Å². The topological polar surface area (TPSA) is 64.3 Å². The van der Waals surface area contributed by atoms with Crippen molar-refractivity contribution < 1.29 is 9.26 Å². The summed E-state index contributed by atoms with van der Waals surface area (Å²) in [7, 11) is 1.76. The third kappa shape index (κ3) is 3.53. The lowest BCUT2D eigenvalue weighted by atomic mass is 9.74. The van der Waals surface area contributed by atoms with Crippen LogP contribution in [0.1, 0.15) is 50.8 Å². The minimum atomic E-state index is -0.0418. The summed E-state index contributed by atoms with van der Waals surface area (Å²) in [6, 6.07) is 4.59. The molecule has 0 unspecified atom stereocenters. The Morgan fingerprint density at radius 2 is 1.92 bits per heavy atom. The average Bonchev–Trinajstić information content (AvgIpc) is 3.40. The summed E-state index contributed by atoms with van der Waals surface area (Å²) in [5, 5.41) is 4.38. The van der Waals surface area contributed by atoms with Gasteiger partial charge in [-0.3, -0.25) is 4.98 Å². The Morgan fingerprint density at radius 3 is 2.62 bits per heavy atom. The first-order valence-corrected chi connectivity index (χ1v) is 9.78. The molecule has 6 nitrogen and oxygen atoms in total. The van der Waals surface area contributed by atoms with Gasteiger partial charge in [0.1, 0.15) is 0 Å². The molecule has 4 rings (SSSR count). The number of aromatic nitrogens is 3. The van der Waals surface area contributed by atoms with E-state index in [9.17, 15) is 0 Å². The van der Waals surface area contributed by atoms with Crippen molar-refractivity contribution in [1.29, 1.82) is 0 Å². The van der Waals surface area contributed by atoms with E-state index in [-0.39, 0.29) is 5.41 Å². The molecule has 6 heteroatoms. The van der Waals surface area contributed by atoms with E-state index in [4.69, 9.17) is 14.2 Å². The Hall–Kier alpha value is -1.79. The first-order valence-electron chi connectivity index (χ1n) is 9.78. The summed E-state index contributed by atoms with van der Waals surface area (Å²) < 4.78 is 11.0. The van der Waals surface area contributed by atoms with Crippen molar-refractivity contribution in [3.05, 3.63) is 30.4 Å². The van der Waals surface area contributed by atoms with E-state index in [1.165, 1.54) is 25.7 Å². The fourth-order valence-corrected chi connectivity index (χ4v) is 4.52. The third-order valence-electron chi connectivity index (χ3n) is 6.21. The van der Waals surface area contributed by atoms with E-state index in [2.05, 4.69) is 15.0 Å². The molecule has 2 aliphatic rings. The third-order valence-corrected chi connectivity index (χ3v) is 6.21. The van der Waals surface area contributed by atoms with E-state index in [1.807, 2.05) is 12.1 Å². The highest BCUT2D eigenvalue weighted by Gasteiger charge is 2.41. The van der Waals surface area contributed by atoms with Crippen LogP contribution in [0.15, 0.2) is 29.0 Å². The predicted molar refractivity (Wildman–Crippen MR) is 98.8 cm³/mol. The molecule has 0 atom stereocenters. The zero-order chi connectivity index (χ0) is 17.8. The van der Waals surface area contributed by atoms with Crippen LogP contribution in [0.5, 0.6) is 0 Å². The van der Waals surface area contributed by atoms with Crippen molar-refractivity contribution >= 4 is 0 Å². The van der Waals surface area contributed by atoms with Crippen LogP contribution in [-0.2, 0) is 10.2 Å². The number of piperidine rings is 1. The normalized spacial score (nSPS) is 21.3. The lowest BCUT2D eigenvalue weighted by Gasteiger charge is -2.42. The molecule has 3 heterocycles. The van der Waals surface area contributed by atoms with Crippen molar-refractivity contribution in [3.8, 4) is 11.5 Å². The first-order chi connectivity index (χ1) is 12.8. The number of likely N-dealkylation sites (tertiary alicyclic amines) is 1. The maximum absolute atomic E-state index is 5.59. The van der Waals surface area contributed by atoms with Crippen molar-refractivity contribution in [2.45, 2.75) is 56.4 Å². The van der Waals surface area contributed by atoms with Gasteiger partial charge < -0.3 is 14.2 Å². The van der Waals surface area contributed by atoms with Crippen molar-refractivity contribution in [3.63, 3.8) is 0 Å². The first kappa shape index (κ1) is 17.6. The number of methoxy groups -OCH3 is 1. The number of rotatable bonds is 6. The zero-order valence-corrected chi connectivity index (χ0v) is 15.6. The molecule has 0 bridgehead atoms. The number of pyridine rings is 1. The predicted octanol–water partition coefficient (Wildman–Crippen LogP) is 3.44. The average molecular weight is 356 g/mol. The summed E-state index contributed by atoms with van der Waals surface area (Å²) >= 11 is 0. The van der Waals surface area contributed by atoms with Gasteiger partial charge in [-0.2, -0.15) is 4.98 Å². The van der Waals surface area contributed by atoms with Crippen LogP contribution >= 0.6 is 0 Å². The van der Waals surface area contributed by atoms with Crippen LogP contribution in [0.4, 0.5) is 0 Å². The highest BCUT2D eigenvalue weighted by Crippen LogP contribution is 2.39. The minimum absolute atomic E-state index is 0.0418. The van der Waals surface area contributed by atoms with Gasteiger partial charge in [0.05, 0.1) is 0 Å². The van der Waals surface area contributed by atoms with Crippen LogP contribution in [0.3, 0.4) is 0 Å². The molecule has 26 heavy (non-hydrogen) atoms. The summed E-state index contributed by atoms with van der Waals surface area (Å²) in [5.74, 6) is 1.42. The van der Waals surface area contributed by atoms with Gasteiger partial charge in [-0.1, -0.05) is 18.0 Å². The molecule has 0 N–H and O–H groups in total. The molecule has 0 radical (unpaired) electrons. The molecule has 2 fully saturated rings. The Balaban J connectivity index is 1.53. The Bertz CT molecular complexity index is 689. The van der Waals surface area contributed by atoms with Gasteiger partial charge in [0.15, 0.2) is 5.82 Å². The van der Waals surface area contributed by atoms with E-state index in [0.29, 0.717) is 5.89 Å². The Labute approximate surface area is 154 Å². The maximum atomic E-state index is 5.59. The van der Waals surface area contributed by atoms with E-state index in [0.717, 1.165) is 56.4 Å². The summed E-state index contributed by atoms with van der Waals surface area (Å²) in [5.41, 5.74) is 0.879. The SMILES string of the molecule is COCCC1(c2noc(-c3ccncc3)n2)CCN(C2CCCC2)CC1. The maximum Gasteiger partial charge on any atom is 0.258 e. The highest BCUT2D eigenvalue weighted by atomic mass is 16.5. The second-order valence-electron chi connectivity index (χ2n) is 7.66. The smallest absolute Gasteiger partial charge is 0.258 e. The second-order valence-corrected chi connectivity index (χ2v) is 7.66. The number of hydrogen-bond acceptors (Lipinski definition) is 6. The van der Waals surface area contributed by atoms with Crippen LogP contribution in [0.25, 0.3) is 11.5 Å². The van der Waals surface area contributed by atoms with Crippen molar-refractivity contribution in [2.24, 2.45) is 0 Å². The molecular formula is C20H28N4O2. The zero-order valence-electron chi connectivity index (χ0n) is 15.6. The molecule has 1 aliphatic carbocycles. The summed E-state index contributed by atoms with van der Waals surface area (Å²) in [4.78, 5) is 11.5. The van der Waals surface area contributed by atoms with E-state index < -0.39 is 0 Å². The van der Waals surface area contributed by atoms with Crippen LogP contribution in [0, 0.1) is 0 Å². The van der Waals surface area contributed by atoms with Gasteiger partial charge in [0, 0.05) is 43.1 Å². The summed E-state index contributed by atoms with van der Waals surface area (Å²) in [6.45, 7) is 2.96. The minimum Gasteiger partial charge on any atom is -0.385 e. The Morgan fingerprint density at radius 1 is 1.19 bits per heavy atom. The van der Waals surface area contributed by atoms with Crippen molar-refractivity contribution in [2.75, 3.05) is 26.8 Å². The molecule has 140 valence electrons. The van der Waals surface area contributed by atoms with Gasteiger partial charge in [-0.15, -0.1) is 0 Å². The lowest BCUT2D eigenvalue weighted by Crippen LogP contribution is -2.47. The molecule has 1 aliphatic heterocycles. The number of ether oxygens (including phenoxy) is 1. The van der Waals surface area contributed by atoms with Crippen LogP contribution < -0.4 is 0 Å². The van der Waals surface area contributed by atoms with E-state index >= 15 is 0 Å². The van der Waals surface area contributed by atoms with Crippen molar-refractivity contribution in [1.82, 2.24) is 20.0 Å². The molecule has 1 saturated heterocycles. The van der Waals surface area contributed by atoms with E-state index in [1.54, 1.807) is 19.5 Å². The standard InChI is InChI=1S/C20H28N4O2/c1-25-15-10-20(8-13-24(14-9-20)17-4-2-3-5-17)19-22-18(26-23-19)16-6-11-21-12-7-16/h6-7,11-12,17H,2-5,8-10,13-15H2,1H3. The molecule has 2 aromatic heterocycles. The molecule has 1 saturated carbocycles. The lowest BCUT2D eigenvalue weighted by molar-refractivity contribution is 0.0837. The quantitative estimate of drug-likeness (QED) is 0.790. The van der Waals surface area contributed by atoms with Crippen LogP contribution in [-0.4, -0.2) is 52.9 Å².